The third-order valence-corrected chi connectivity index (χ3v) is 4.02. The molecule has 9 heteroatoms. The molecule has 1 rings (SSSR count). The lowest BCUT2D eigenvalue weighted by Crippen LogP contribution is -2.22. The van der Waals surface area contributed by atoms with E-state index in [9.17, 15) is 14.9 Å². The predicted octanol–water partition coefficient (Wildman–Crippen LogP) is 2.68. The fourth-order valence-electron chi connectivity index (χ4n) is 2.67. The van der Waals surface area contributed by atoms with Gasteiger partial charge in [0.1, 0.15) is 5.75 Å². The number of methoxy groups -OCH3 is 5. The maximum atomic E-state index is 11.6. The van der Waals surface area contributed by atoms with Crippen molar-refractivity contribution in [3.05, 3.63) is 40.0 Å². The number of ether oxygens (including phenoxy) is 5. The molecule has 0 spiro atoms. The zero-order chi connectivity index (χ0) is 20.6. The minimum Gasteiger partial charge on any atom is -0.496 e. The van der Waals surface area contributed by atoms with Crippen LogP contribution in [-0.2, 0) is 19.0 Å². The lowest BCUT2D eigenvalue weighted by Gasteiger charge is -2.23. The molecule has 9 nitrogen and oxygen atoms in total. The fourth-order valence-corrected chi connectivity index (χ4v) is 2.67. The van der Waals surface area contributed by atoms with Gasteiger partial charge in [0.25, 0.3) is 0 Å². The molecule has 3 atom stereocenters. The van der Waals surface area contributed by atoms with E-state index in [1.54, 1.807) is 18.2 Å². The number of carbonyl (C=O) groups is 1. The van der Waals surface area contributed by atoms with E-state index in [4.69, 9.17) is 18.9 Å². The van der Waals surface area contributed by atoms with Crippen LogP contribution in [0.1, 0.15) is 18.6 Å². The summed E-state index contributed by atoms with van der Waals surface area (Å²) >= 11 is 0. The first-order chi connectivity index (χ1) is 12.8. The third kappa shape index (κ3) is 5.41. The molecule has 0 aliphatic carbocycles. The summed E-state index contributed by atoms with van der Waals surface area (Å²) in [6.45, 7) is 1.83. The van der Waals surface area contributed by atoms with Gasteiger partial charge in [0.15, 0.2) is 6.10 Å². The highest BCUT2D eigenvalue weighted by atomic mass is 16.6. The number of esters is 1. The Labute approximate surface area is 158 Å². The number of hydrogen-bond donors (Lipinski definition) is 0. The highest BCUT2D eigenvalue weighted by molar-refractivity contribution is 5.76. The average Bonchev–Trinajstić information content (AvgIpc) is 2.67. The molecule has 0 heterocycles. The number of benzene rings is 1. The second kappa shape index (κ2) is 10.5. The summed E-state index contributed by atoms with van der Waals surface area (Å²) in [5, 5.41) is 11.4. The van der Waals surface area contributed by atoms with Crippen LogP contribution in [0, 0.1) is 16.0 Å². The van der Waals surface area contributed by atoms with E-state index in [0.717, 1.165) is 0 Å². The van der Waals surface area contributed by atoms with Crippen molar-refractivity contribution in [1.82, 2.24) is 0 Å². The summed E-state index contributed by atoms with van der Waals surface area (Å²) in [6.07, 6.45) is 1.80. The van der Waals surface area contributed by atoms with Crippen LogP contribution in [0.3, 0.4) is 0 Å². The van der Waals surface area contributed by atoms with Crippen LogP contribution >= 0.6 is 0 Å². The smallest absolute Gasteiger partial charge is 0.339 e. The number of nitrogens with zero attached hydrogens (tertiary/aromatic N) is 1. The monoisotopic (exact) mass is 383 g/mol. The first kappa shape index (κ1) is 22.4. The van der Waals surface area contributed by atoms with Gasteiger partial charge in [-0.1, -0.05) is 13.0 Å². The van der Waals surface area contributed by atoms with Gasteiger partial charge in [0.05, 0.1) is 38.4 Å². The van der Waals surface area contributed by atoms with Crippen molar-refractivity contribution in [3.8, 4) is 11.5 Å². The van der Waals surface area contributed by atoms with Gasteiger partial charge in [0, 0.05) is 25.7 Å². The quantitative estimate of drug-likeness (QED) is 0.263. The SMILES string of the molecule is COC(=O)[C@H](/C=C/[C@H](C)[C@@H](OC)c1cc(OC)cc([N+](=O)[O-])c1OC)OC. The Morgan fingerprint density at radius 3 is 2.19 bits per heavy atom. The Bertz CT molecular complexity index is 688. The lowest BCUT2D eigenvalue weighted by molar-refractivity contribution is -0.385. The summed E-state index contributed by atoms with van der Waals surface area (Å²) in [7, 11) is 6.90. The van der Waals surface area contributed by atoms with Crippen LogP contribution in [0.4, 0.5) is 5.69 Å². The summed E-state index contributed by atoms with van der Waals surface area (Å²) in [6, 6.07) is 2.91. The standard InChI is InChI=1S/C18H25NO8/c1-11(7-8-15(24-3)18(20)27-6)16(25-4)13-9-12(23-2)10-14(19(21)22)17(13)26-5/h7-11,15-16H,1-6H3/b8-7+/t11-,15-,16+/m0/s1. The third-order valence-electron chi connectivity index (χ3n) is 4.02. The molecule has 150 valence electrons. The molecular weight excluding hydrogens is 358 g/mol. The molecule has 0 fully saturated rings. The van der Waals surface area contributed by atoms with Crippen LogP contribution in [0.2, 0.25) is 0 Å². The second-order valence-corrected chi connectivity index (χ2v) is 5.61. The normalized spacial score (nSPS) is 14.4. The Kier molecular flexibility index (Phi) is 8.70. The zero-order valence-electron chi connectivity index (χ0n) is 16.3. The van der Waals surface area contributed by atoms with Gasteiger partial charge < -0.3 is 23.7 Å². The first-order valence-corrected chi connectivity index (χ1v) is 8.06. The van der Waals surface area contributed by atoms with Gasteiger partial charge in [-0.25, -0.2) is 4.79 Å². The Morgan fingerprint density at radius 2 is 1.74 bits per heavy atom. The van der Waals surface area contributed by atoms with E-state index in [1.165, 1.54) is 41.6 Å². The van der Waals surface area contributed by atoms with Crippen LogP contribution in [0.5, 0.6) is 11.5 Å². The number of carbonyl (C=O) groups excluding carboxylic acids is 1. The van der Waals surface area contributed by atoms with Crippen molar-refractivity contribution in [2.75, 3.05) is 35.5 Å². The van der Waals surface area contributed by atoms with Gasteiger partial charge in [-0.15, -0.1) is 0 Å². The maximum Gasteiger partial charge on any atom is 0.339 e. The predicted molar refractivity (Wildman–Crippen MR) is 97.1 cm³/mol. The van der Waals surface area contributed by atoms with Crippen LogP contribution in [0.15, 0.2) is 24.3 Å². The number of rotatable bonds is 10. The Morgan fingerprint density at radius 1 is 1.07 bits per heavy atom. The fraction of sp³-hybridized carbons (Fsp3) is 0.500. The molecule has 1 aromatic rings. The largest absolute Gasteiger partial charge is 0.496 e. The molecule has 0 N–H and O–H groups in total. The lowest BCUT2D eigenvalue weighted by atomic mass is 9.94. The Balaban J connectivity index is 3.32. The molecule has 0 aliphatic heterocycles. The summed E-state index contributed by atoms with van der Waals surface area (Å²) in [5.74, 6) is -0.424. The number of nitro benzene ring substituents is 1. The summed E-state index contributed by atoms with van der Waals surface area (Å²) in [4.78, 5) is 22.5. The van der Waals surface area contributed by atoms with Crippen LogP contribution in [0.25, 0.3) is 0 Å². The van der Waals surface area contributed by atoms with E-state index in [1.807, 2.05) is 6.92 Å². The van der Waals surface area contributed by atoms with Crippen molar-refractivity contribution in [2.24, 2.45) is 5.92 Å². The van der Waals surface area contributed by atoms with Crippen molar-refractivity contribution in [3.63, 3.8) is 0 Å². The van der Waals surface area contributed by atoms with E-state index < -0.39 is 23.1 Å². The molecular formula is C18H25NO8. The molecule has 0 bridgehead atoms. The molecule has 0 amide bonds. The molecule has 0 unspecified atom stereocenters. The number of hydrogen-bond acceptors (Lipinski definition) is 8. The topological polar surface area (TPSA) is 106 Å². The average molecular weight is 383 g/mol. The molecule has 0 saturated carbocycles. The molecule has 0 aromatic heterocycles. The molecule has 0 radical (unpaired) electrons. The number of nitro groups is 1. The summed E-state index contributed by atoms with van der Waals surface area (Å²) < 4.78 is 25.7. The van der Waals surface area contributed by atoms with Crippen molar-refractivity contribution < 1.29 is 33.4 Å². The molecule has 0 aliphatic rings. The van der Waals surface area contributed by atoms with Gasteiger partial charge in [-0.05, 0) is 12.1 Å². The van der Waals surface area contributed by atoms with Gasteiger partial charge in [0.2, 0.25) is 5.75 Å². The van der Waals surface area contributed by atoms with Gasteiger partial charge >= 0.3 is 11.7 Å². The maximum absolute atomic E-state index is 11.6. The molecule has 27 heavy (non-hydrogen) atoms. The second-order valence-electron chi connectivity index (χ2n) is 5.61. The van der Waals surface area contributed by atoms with Gasteiger partial charge in [-0.3, -0.25) is 10.1 Å². The van der Waals surface area contributed by atoms with Crippen molar-refractivity contribution in [1.29, 1.82) is 0 Å². The van der Waals surface area contributed by atoms with Crippen molar-refractivity contribution >= 4 is 11.7 Å². The van der Waals surface area contributed by atoms with Gasteiger partial charge in [-0.2, -0.15) is 0 Å². The van der Waals surface area contributed by atoms with E-state index in [2.05, 4.69) is 4.74 Å². The molecule has 0 saturated heterocycles. The minimum atomic E-state index is -0.864. The molecule has 1 aromatic carbocycles. The van der Waals surface area contributed by atoms with Crippen LogP contribution < -0.4 is 9.47 Å². The van der Waals surface area contributed by atoms with E-state index in [-0.39, 0.29) is 17.4 Å². The van der Waals surface area contributed by atoms with E-state index >= 15 is 0 Å². The first-order valence-electron chi connectivity index (χ1n) is 8.06. The minimum absolute atomic E-state index is 0.0872. The highest BCUT2D eigenvalue weighted by Gasteiger charge is 2.29. The Hall–Kier alpha value is -2.65. The zero-order valence-corrected chi connectivity index (χ0v) is 16.3. The van der Waals surface area contributed by atoms with Crippen LogP contribution in [-0.4, -0.2) is 52.5 Å². The van der Waals surface area contributed by atoms with E-state index in [0.29, 0.717) is 11.3 Å². The summed E-state index contributed by atoms with van der Waals surface area (Å²) in [5.41, 5.74) is 0.227. The van der Waals surface area contributed by atoms with Crippen molar-refractivity contribution in [2.45, 2.75) is 19.1 Å². The highest BCUT2D eigenvalue weighted by Crippen LogP contribution is 2.42.